The van der Waals surface area contributed by atoms with Crippen molar-refractivity contribution in [3.8, 4) is 0 Å². The fraction of sp³-hybridized carbons (Fsp3) is 1.00. The highest BCUT2D eigenvalue weighted by molar-refractivity contribution is 8.23. The van der Waals surface area contributed by atoms with Crippen LogP contribution in [-0.2, 0) is 9.15 Å². The zero-order valence-corrected chi connectivity index (χ0v) is 5.88. The number of nitrogens with two attached hydrogens (primary N) is 1. The van der Waals surface area contributed by atoms with E-state index in [0.29, 0.717) is 5.75 Å². The molecule has 0 aromatic rings. The molecule has 7 heavy (non-hydrogen) atoms. The summed E-state index contributed by atoms with van der Waals surface area (Å²) in [6.07, 6.45) is 0. The average molecular weight is 144 g/mol. The summed E-state index contributed by atoms with van der Waals surface area (Å²) in [6, 6.07) is 0. The van der Waals surface area contributed by atoms with Gasteiger partial charge in [0.05, 0.1) is 5.88 Å². The summed E-state index contributed by atoms with van der Waals surface area (Å²) in [6.45, 7) is 1.76. The third kappa shape index (κ3) is 3.02. The van der Waals surface area contributed by atoms with Crippen LogP contribution in [-0.4, -0.2) is 15.8 Å². The predicted molar refractivity (Wildman–Crippen MR) is 35.0 cm³/mol. The van der Waals surface area contributed by atoms with Crippen LogP contribution in [0.15, 0.2) is 0 Å². The predicted octanol–water partition coefficient (Wildman–Crippen LogP) is 0.0930. The molecule has 0 rings (SSSR count). The molecule has 0 saturated heterocycles. The molecule has 0 aromatic carbocycles. The molecule has 0 aliphatic rings. The Kier molecular flexibility index (Phi) is 2.80. The molecule has 0 saturated carbocycles. The molecule has 0 amide bonds. The fourth-order valence-corrected chi connectivity index (χ4v) is 0.387. The molecule has 0 fully saturated rings. The largest absolute Gasteiger partial charge is 0.320 e. The Bertz CT molecular complexity index is 86.9. The lowest BCUT2D eigenvalue weighted by Gasteiger charge is -2.07. The van der Waals surface area contributed by atoms with Gasteiger partial charge in [0.2, 0.25) is 0 Å². The average Bonchev–Trinajstić information content (AvgIpc) is 1.68. The Hall–Kier alpha value is 0.400. The zero-order valence-electron chi connectivity index (χ0n) is 4.22. The van der Waals surface area contributed by atoms with E-state index in [0.717, 1.165) is 0 Å². The van der Waals surface area contributed by atoms with Crippen molar-refractivity contribution in [3.05, 3.63) is 0 Å². The van der Waals surface area contributed by atoms with Crippen LogP contribution >= 0.6 is 10.7 Å². The Morgan fingerprint density at radius 1 is 1.86 bits per heavy atom. The molecule has 4 heteroatoms. The Morgan fingerprint density at radius 2 is 2.29 bits per heavy atom. The second-order valence-corrected chi connectivity index (χ2v) is 5.71. The van der Waals surface area contributed by atoms with E-state index < -0.39 is 9.15 Å². The normalized spacial score (nSPS) is 14.1. The second-order valence-electron chi connectivity index (χ2n) is 1.29. The second kappa shape index (κ2) is 2.64. The lowest BCUT2D eigenvalue weighted by Crippen LogP contribution is -2.17. The number of thiol groups is 1. The molecular weight excluding hydrogens is 134 g/mol. The van der Waals surface area contributed by atoms with Gasteiger partial charge < -0.3 is 5.73 Å². The van der Waals surface area contributed by atoms with Gasteiger partial charge in [-0.1, -0.05) is 6.92 Å². The molecule has 0 unspecified atom stereocenters. The van der Waals surface area contributed by atoms with E-state index in [1.165, 1.54) is 0 Å². The van der Waals surface area contributed by atoms with Gasteiger partial charge in [0.15, 0.2) is 0 Å². The van der Waals surface area contributed by atoms with Crippen molar-refractivity contribution in [2.24, 2.45) is 5.73 Å². The number of rotatable bonds is 2. The van der Waals surface area contributed by atoms with E-state index in [4.69, 9.17) is 16.4 Å². The van der Waals surface area contributed by atoms with E-state index >= 15 is 0 Å². The minimum Gasteiger partial charge on any atom is -0.320 e. The molecule has 0 aliphatic carbocycles. The third-order valence-electron chi connectivity index (χ3n) is 0.745. The zero-order chi connectivity index (χ0) is 5.91. The van der Waals surface area contributed by atoms with Gasteiger partial charge in [0.1, 0.15) is 0 Å². The first-order valence-corrected chi connectivity index (χ1v) is 5.08. The van der Waals surface area contributed by atoms with Crippen LogP contribution in [0.5, 0.6) is 0 Å². The van der Waals surface area contributed by atoms with Gasteiger partial charge in [-0.2, -0.15) is 0 Å². The first kappa shape index (κ1) is 7.40. The summed E-state index contributed by atoms with van der Waals surface area (Å²) in [4.78, 5) is 0. The Morgan fingerprint density at radius 3 is 2.29 bits per heavy atom. The summed E-state index contributed by atoms with van der Waals surface area (Å²) in [5.74, 6) is 0.607. The maximum atomic E-state index is 10.6. The SMILES string of the molecule is CC[SH](=O)(Cl)CN. The van der Waals surface area contributed by atoms with Crippen LogP contribution in [0.3, 0.4) is 0 Å². The molecule has 0 radical (unpaired) electrons. The van der Waals surface area contributed by atoms with Gasteiger partial charge in [-0.15, -0.1) is 0 Å². The van der Waals surface area contributed by atoms with Crippen LogP contribution < -0.4 is 5.73 Å². The summed E-state index contributed by atoms with van der Waals surface area (Å²) >= 11 is 0. The van der Waals surface area contributed by atoms with Crippen LogP contribution in [0.4, 0.5) is 0 Å². The molecule has 2 nitrogen and oxygen atoms in total. The first-order valence-electron chi connectivity index (χ1n) is 2.10. The third-order valence-corrected chi connectivity index (χ3v) is 3.37. The Labute approximate surface area is 49.0 Å². The smallest absolute Gasteiger partial charge is 0.0597 e. The van der Waals surface area contributed by atoms with Crippen LogP contribution in [0.1, 0.15) is 6.92 Å². The standard InChI is InChI=1S/C3H10ClNOS/c1-2-7(4,6)3-5/h7H,2-3,5H2,1H3. The van der Waals surface area contributed by atoms with Gasteiger partial charge in [-0.05, 0) is 19.8 Å². The van der Waals surface area contributed by atoms with Crippen molar-refractivity contribution in [1.82, 2.24) is 0 Å². The lowest BCUT2D eigenvalue weighted by molar-refractivity contribution is 0.680. The van der Waals surface area contributed by atoms with Gasteiger partial charge in [-0.3, -0.25) is 4.21 Å². The van der Waals surface area contributed by atoms with Gasteiger partial charge in [0, 0.05) is 5.75 Å². The lowest BCUT2D eigenvalue weighted by atomic mass is 11.0. The highest BCUT2D eigenvalue weighted by atomic mass is 35.7. The van der Waals surface area contributed by atoms with Crippen LogP contribution in [0.25, 0.3) is 0 Å². The molecule has 0 aliphatic heterocycles. The summed E-state index contributed by atoms with van der Waals surface area (Å²) < 4.78 is 10.6. The molecule has 2 N–H and O–H groups in total. The minimum absolute atomic E-state index is 0.116. The first-order chi connectivity index (χ1) is 3.12. The van der Waals surface area contributed by atoms with Crippen molar-refractivity contribution in [2.45, 2.75) is 6.92 Å². The Balaban J connectivity index is 3.61. The van der Waals surface area contributed by atoms with E-state index in [9.17, 15) is 4.21 Å². The maximum absolute atomic E-state index is 10.6. The topological polar surface area (TPSA) is 43.1 Å². The summed E-state index contributed by atoms with van der Waals surface area (Å²) in [5, 5.41) is 0. The van der Waals surface area contributed by atoms with Crippen molar-refractivity contribution in [2.75, 3.05) is 11.6 Å². The summed E-state index contributed by atoms with van der Waals surface area (Å²) in [5.41, 5.74) is 5.02. The van der Waals surface area contributed by atoms with E-state index in [1.807, 2.05) is 0 Å². The minimum atomic E-state index is -2.40. The number of halogens is 1. The number of hydrogen-bond acceptors (Lipinski definition) is 2. The van der Waals surface area contributed by atoms with Gasteiger partial charge in [0.25, 0.3) is 0 Å². The van der Waals surface area contributed by atoms with Crippen LogP contribution in [0.2, 0.25) is 0 Å². The molecule has 46 valence electrons. The molecule has 0 atom stereocenters. The van der Waals surface area contributed by atoms with Gasteiger partial charge in [-0.25, -0.2) is 0 Å². The van der Waals surface area contributed by atoms with Crippen molar-refractivity contribution < 1.29 is 4.21 Å². The van der Waals surface area contributed by atoms with Crippen molar-refractivity contribution >= 4 is 19.8 Å². The fourth-order valence-electron chi connectivity index (χ4n) is 0.129. The molecular formula is C3H10ClNOS. The van der Waals surface area contributed by atoms with Gasteiger partial charge >= 0.3 is 0 Å². The molecule has 0 heterocycles. The highest BCUT2D eigenvalue weighted by Gasteiger charge is 2.01. The van der Waals surface area contributed by atoms with Crippen LogP contribution in [0, 0.1) is 0 Å². The molecule has 0 spiro atoms. The molecule has 0 aromatic heterocycles. The number of hydrogen-bond donors (Lipinski definition) is 2. The molecule has 0 bridgehead atoms. The summed E-state index contributed by atoms with van der Waals surface area (Å²) in [7, 11) is 2.93. The maximum Gasteiger partial charge on any atom is 0.0597 e. The monoisotopic (exact) mass is 143 g/mol. The van der Waals surface area contributed by atoms with E-state index in [-0.39, 0.29) is 5.88 Å². The quantitative estimate of drug-likeness (QED) is 0.425. The van der Waals surface area contributed by atoms with E-state index in [1.54, 1.807) is 6.92 Å². The van der Waals surface area contributed by atoms with Crippen molar-refractivity contribution in [3.63, 3.8) is 0 Å². The highest BCUT2D eigenvalue weighted by Crippen LogP contribution is 2.05. The van der Waals surface area contributed by atoms with E-state index in [2.05, 4.69) is 0 Å². The van der Waals surface area contributed by atoms with Crippen molar-refractivity contribution in [1.29, 1.82) is 0 Å².